The summed E-state index contributed by atoms with van der Waals surface area (Å²) in [4.78, 5) is 0. The van der Waals surface area contributed by atoms with Crippen LogP contribution in [0.1, 0.15) is 52.9 Å². The molecule has 92 valence electrons. The molecule has 0 bridgehead atoms. The molecular formula is C13H30OSi. The second-order valence-corrected chi connectivity index (χ2v) is 9.91. The van der Waals surface area contributed by atoms with Gasteiger partial charge >= 0.3 is 0 Å². The van der Waals surface area contributed by atoms with Gasteiger partial charge in [0.05, 0.1) is 0 Å². The van der Waals surface area contributed by atoms with Crippen LogP contribution in [0.25, 0.3) is 0 Å². The van der Waals surface area contributed by atoms with Gasteiger partial charge in [0.25, 0.3) is 0 Å². The largest absolute Gasteiger partial charge is 0.417 e. The van der Waals surface area contributed by atoms with E-state index in [4.69, 9.17) is 4.43 Å². The molecule has 0 aromatic rings. The van der Waals surface area contributed by atoms with Crippen LogP contribution in [-0.2, 0) is 4.43 Å². The first-order valence-corrected chi connectivity index (χ1v) is 9.73. The van der Waals surface area contributed by atoms with Crippen molar-refractivity contribution in [1.82, 2.24) is 0 Å². The van der Waals surface area contributed by atoms with Crippen molar-refractivity contribution in [1.29, 1.82) is 0 Å². The highest BCUT2D eigenvalue weighted by molar-refractivity contribution is 6.71. The smallest absolute Gasteiger partial charge is 0.186 e. The van der Waals surface area contributed by atoms with Crippen molar-refractivity contribution in [2.75, 3.05) is 6.61 Å². The SMILES string of the molecule is CCCO[Si](C)(C)CCCCCC(C)C. The molecule has 0 fully saturated rings. The fourth-order valence-electron chi connectivity index (χ4n) is 1.73. The molecule has 0 unspecified atom stereocenters. The van der Waals surface area contributed by atoms with E-state index in [-0.39, 0.29) is 0 Å². The van der Waals surface area contributed by atoms with E-state index in [1.807, 2.05) is 0 Å². The Balaban J connectivity index is 3.40. The first-order chi connectivity index (χ1) is 6.98. The van der Waals surface area contributed by atoms with E-state index in [1.54, 1.807) is 0 Å². The molecule has 1 nitrogen and oxygen atoms in total. The van der Waals surface area contributed by atoms with Crippen molar-refractivity contribution in [3.8, 4) is 0 Å². The molecule has 0 saturated heterocycles. The van der Waals surface area contributed by atoms with Crippen LogP contribution < -0.4 is 0 Å². The minimum absolute atomic E-state index is 0.867. The molecule has 0 rings (SSSR count). The molecule has 0 saturated carbocycles. The second kappa shape index (κ2) is 8.34. The Morgan fingerprint density at radius 3 is 2.27 bits per heavy atom. The van der Waals surface area contributed by atoms with Gasteiger partial charge in [-0.05, 0) is 31.5 Å². The maximum atomic E-state index is 5.95. The lowest BCUT2D eigenvalue weighted by atomic mass is 10.1. The van der Waals surface area contributed by atoms with Crippen molar-refractivity contribution in [2.24, 2.45) is 5.92 Å². The van der Waals surface area contributed by atoms with Crippen LogP contribution in [0.5, 0.6) is 0 Å². The Hall–Kier alpha value is 0.177. The fourth-order valence-corrected chi connectivity index (χ4v) is 3.73. The van der Waals surface area contributed by atoms with Gasteiger partial charge in [0, 0.05) is 6.61 Å². The summed E-state index contributed by atoms with van der Waals surface area (Å²) in [6.07, 6.45) is 6.71. The van der Waals surface area contributed by atoms with Gasteiger partial charge in [0.1, 0.15) is 0 Å². The summed E-state index contributed by atoms with van der Waals surface area (Å²) in [5, 5.41) is 0. The van der Waals surface area contributed by atoms with Crippen molar-refractivity contribution >= 4 is 8.32 Å². The Kier molecular flexibility index (Phi) is 8.44. The maximum Gasteiger partial charge on any atom is 0.186 e. The predicted octanol–water partition coefficient (Wildman–Crippen LogP) is 4.83. The summed E-state index contributed by atoms with van der Waals surface area (Å²) >= 11 is 0. The predicted molar refractivity (Wildman–Crippen MR) is 71.8 cm³/mol. The van der Waals surface area contributed by atoms with Crippen LogP contribution >= 0.6 is 0 Å². The topological polar surface area (TPSA) is 9.23 Å². The molecule has 0 aliphatic rings. The minimum Gasteiger partial charge on any atom is -0.417 e. The van der Waals surface area contributed by atoms with Crippen LogP contribution in [0.15, 0.2) is 0 Å². The van der Waals surface area contributed by atoms with Crippen molar-refractivity contribution in [3.63, 3.8) is 0 Å². The second-order valence-electron chi connectivity index (χ2n) is 5.60. The molecule has 0 radical (unpaired) electrons. The van der Waals surface area contributed by atoms with E-state index >= 15 is 0 Å². The summed E-state index contributed by atoms with van der Waals surface area (Å²) in [5.41, 5.74) is 0. The molecule has 0 aromatic heterocycles. The van der Waals surface area contributed by atoms with Gasteiger partial charge in [-0.2, -0.15) is 0 Å². The summed E-state index contributed by atoms with van der Waals surface area (Å²) < 4.78 is 5.95. The summed E-state index contributed by atoms with van der Waals surface area (Å²) in [7, 11) is -1.30. The Bertz CT molecular complexity index is 143. The van der Waals surface area contributed by atoms with Gasteiger partial charge < -0.3 is 4.43 Å². The highest BCUT2D eigenvalue weighted by atomic mass is 28.4. The molecule has 0 aliphatic carbocycles. The third-order valence-corrected chi connectivity index (χ3v) is 5.30. The van der Waals surface area contributed by atoms with E-state index in [1.165, 1.54) is 31.7 Å². The zero-order chi connectivity index (χ0) is 11.7. The highest BCUT2D eigenvalue weighted by Crippen LogP contribution is 2.17. The molecule has 0 amide bonds. The summed E-state index contributed by atoms with van der Waals surface area (Å²) in [5.74, 6) is 0.867. The standard InChI is InChI=1S/C13H30OSi/c1-6-11-14-15(4,5)12-9-7-8-10-13(2)3/h13H,6-12H2,1-5H3. The third kappa shape index (κ3) is 10.5. The Morgan fingerprint density at radius 2 is 1.73 bits per heavy atom. The van der Waals surface area contributed by atoms with Crippen LogP contribution in [0.3, 0.4) is 0 Å². The van der Waals surface area contributed by atoms with Gasteiger partial charge in [-0.1, -0.05) is 46.5 Å². The van der Waals surface area contributed by atoms with Gasteiger partial charge in [-0.15, -0.1) is 0 Å². The average molecular weight is 230 g/mol. The molecule has 0 aliphatic heterocycles. The Labute approximate surface area is 97.7 Å². The third-order valence-electron chi connectivity index (χ3n) is 2.76. The maximum absolute atomic E-state index is 5.95. The van der Waals surface area contributed by atoms with E-state index in [0.29, 0.717) is 0 Å². The molecule has 0 N–H and O–H groups in total. The van der Waals surface area contributed by atoms with Crippen LogP contribution in [0.2, 0.25) is 19.1 Å². The average Bonchev–Trinajstić information content (AvgIpc) is 2.14. The molecule has 0 atom stereocenters. The summed E-state index contributed by atoms with van der Waals surface area (Å²) in [6.45, 7) is 12.5. The molecular weight excluding hydrogens is 200 g/mol. The minimum atomic E-state index is -1.30. The molecule has 15 heavy (non-hydrogen) atoms. The first kappa shape index (κ1) is 15.2. The fraction of sp³-hybridized carbons (Fsp3) is 1.00. The van der Waals surface area contributed by atoms with E-state index in [0.717, 1.165) is 18.9 Å². The number of rotatable bonds is 9. The lowest BCUT2D eigenvalue weighted by Gasteiger charge is -2.22. The van der Waals surface area contributed by atoms with E-state index < -0.39 is 8.32 Å². The molecule has 0 aromatic carbocycles. The van der Waals surface area contributed by atoms with Gasteiger partial charge in [-0.25, -0.2) is 0 Å². The number of unbranched alkanes of at least 4 members (excludes halogenated alkanes) is 2. The van der Waals surface area contributed by atoms with Crippen molar-refractivity contribution < 1.29 is 4.43 Å². The number of hydrogen-bond acceptors (Lipinski definition) is 1. The van der Waals surface area contributed by atoms with E-state index in [9.17, 15) is 0 Å². The highest BCUT2D eigenvalue weighted by Gasteiger charge is 2.20. The van der Waals surface area contributed by atoms with Crippen molar-refractivity contribution in [2.45, 2.75) is 72.0 Å². The van der Waals surface area contributed by atoms with Crippen molar-refractivity contribution in [3.05, 3.63) is 0 Å². The van der Waals surface area contributed by atoms with Crippen LogP contribution in [-0.4, -0.2) is 14.9 Å². The quantitative estimate of drug-likeness (QED) is 0.407. The zero-order valence-corrected chi connectivity index (χ0v) is 12.4. The normalized spacial score (nSPS) is 12.4. The van der Waals surface area contributed by atoms with Gasteiger partial charge in [0.2, 0.25) is 0 Å². The monoisotopic (exact) mass is 230 g/mol. The lowest BCUT2D eigenvalue weighted by molar-refractivity contribution is 0.305. The lowest BCUT2D eigenvalue weighted by Crippen LogP contribution is -2.30. The van der Waals surface area contributed by atoms with Crippen LogP contribution in [0, 0.1) is 5.92 Å². The molecule has 0 heterocycles. The van der Waals surface area contributed by atoms with Gasteiger partial charge in [0.15, 0.2) is 8.32 Å². The molecule has 0 spiro atoms. The zero-order valence-electron chi connectivity index (χ0n) is 11.4. The van der Waals surface area contributed by atoms with Gasteiger partial charge in [-0.3, -0.25) is 0 Å². The Morgan fingerprint density at radius 1 is 1.07 bits per heavy atom. The van der Waals surface area contributed by atoms with Crippen LogP contribution in [0.4, 0.5) is 0 Å². The first-order valence-electron chi connectivity index (χ1n) is 6.62. The molecule has 2 heteroatoms. The summed E-state index contributed by atoms with van der Waals surface area (Å²) in [6, 6.07) is 1.34. The number of hydrogen-bond donors (Lipinski definition) is 0. The van der Waals surface area contributed by atoms with E-state index in [2.05, 4.69) is 33.9 Å².